The summed E-state index contributed by atoms with van der Waals surface area (Å²) in [6.45, 7) is 0.856. The molecule has 0 N–H and O–H groups in total. The van der Waals surface area contributed by atoms with Gasteiger partial charge in [-0.15, -0.1) is 0 Å². The molecular weight excluding hydrogens is 339 g/mol. The number of aryl methyl sites for hydroxylation is 3. The van der Waals surface area contributed by atoms with Crippen LogP contribution in [0.2, 0.25) is 0 Å². The average molecular weight is 352 g/mol. The number of nitrogens with zero attached hydrogens (tertiary/aromatic N) is 4. The van der Waals surface area contributed by atoms with Crippen LogP contribution in [-0.4, -0.2) is 19.3 Å². The van der Waals surface area contributed by atoms with Crippen LogP contribution in [0, 0.1) is 3.57 Å². The number of imidazole rings is 1. The third kappa shape index (κ3) is 2.14. The van der Waals surface area contributed by atoms with E-state index in [0.717, 1.165) is 18.8 Å². The summed E-state index contributed by atoms with van der Waals surface area (Å²) in [7, 11) is 2.02. The van der Waals surface area contributed by atoms with Crippen LogP contribution in [-0.2, 0) is 20.0 Å². The second-order valence-electron chi connectivity index (χ2n) is 4.28. The Morgan fingerprint density at radius 2 is 2.22 bits per heavy atom. The zero-order valence-corrected chi connectivity index (χ0v) is 12.2. The van der Waals surface area contributed by atoms with Crippen LogP contribution >= 0.6 is 22.6 Å². The summed E-state index contributed by atoms with van der Waals surface area (Å²) in [4.78, 5) is 4.33. The minimum atomic E-state index is 0.856. The van der Waals surface area contributed by atoms with Crippen LogP contribution in [0.15, 0.2) is 36.8 Å². The molecule has 3 aromatic rings. The van der Waals surface area contributed by atoms with Crippen molar-refractivity contribution in [3.8, 4) is 0 Å². The molecular formula is C13H13IN4. The Kier molecular flexibility index (Phi) is 3.07. The summed E-state index contributed by atoms with van der Waals surface area (Å²) in [5.74, 6) is 1.09. The number of hydrogen-bond acceptors (Lipinski definition) is 2. The summed E-state index contributed by atoms with van der Waals surface area (Å²) < 4.78 is 5.33. The van der Waals surface area contributed by atoms with E-state index in [4.69, 9.17) is 0 Å². The van der Waals surface area contributed by atoms with Gasteiger partial charge in [0, 0.05) is 41.4 Å². The Morgan fingerprint density at radius 3 is 3.00 bits per heavy atom. The maximum atomic E-state index is 4.44. The van der Waals surface area contributed by atoms with E-state index in [-0.39, 0.29) is 0 Å². The molecule has 0 aliphatic heterocycles. The molecule has 4 nitrogen and oxygen atoms in total. The van der Waals surface area contributed by atoms with Crippen LogP contribution in [0.1, 0.15) is 5.82 Å². The van der Waals surface area contributed by atoms with Crippen molar-refractivity contribution in [3.05, 3.63) is 46.2 Å². The molecule has 0 spiro atoms. The van der Waals surface area contributed by atoms with Crippen molar-refractivity contribution in [2.45, 2.75) is 13.0 Å². The van der Waals surface area contributed by atoms with Crippen LogP contribution in [0.5, 0.6) is 0 Å². The van der Waals surface area contributed by atoms with Gasteiger partial charge < -0.3 is 4.57 Å². The van der Waals surface area contributed by atoms with Crippen molar-refractivity contribution in [2.24, 2.45) is 7.05 Å². The first-order chi connectivity index (χ1) is 8.74. The molecule has 5 heteroatoms. The Bertz CT molecular complexity index is 683. The highest BCUT2D eigenvalue weighted by Crippen LogP contribution is 2.17. The lowest BCUT2D eigenvalue weighted by Gasteiger charge is -2.04. The fourth-order valence-electron chi connectivity index (χ4n) is 2.07. The molecule has 0 atom stereocenters. The van der Waals surface area contributed by atoms with Crippen molar-refractivity contribution >= 4 is 33.5 Å². The van der Waals surface area contributed by atoms with Gasteiger partial charge in [0.1, 0.15) is 5.82 Å². The van der Waals surface area contributed by atoms with Gasteiger partial charge in [-0.05, 0) is 34.7 Å². The lowest BCUT2D eigenvalue weighted by atomic mass is 10.2. The fourth-order valence-corrected chi connectivity index (χ4v) is 2.54. The largest absolute Gasteiger partial charge is 0.338 e. The molecule has 0 fully saturated rings. The van der Waals surface area contributed by atoms with Gasteiger partial charge in [0.25, 0.3) is 0 Å². The summed E-state index contributed by atoms with van der Waals surface area (Å²) >= 11 is 2.33. The molecule has 92 valence electrons. The van der Waals surface area contributed by atoms with Crippen molar-refractivity contribution < 1.29 is 0 Å². The Labute approximate surface area is 119 Å². The first kappa shape index (κ1) is 11.7. The smallest absolute Gasteiger partial charge is 0.110 e. The van der Waals surface area contributed by atoms with Gasteiger partial charge in [-0.2, -0.15) is 5.10 Å². The molecule has 1 aromatic carbocycles. The number of halogens is 1. The maximum Gasteiger partial charge on any atom is 0.110 e. The van der Waals surface area contributed by atoms with Crippen molar-refractivity contribution in [2.75, 3.05) is 0 Å². The topological polar surface area (TPSA) is 35.6 Å². The molecule has 2 aromatic heterocycles. The van der Waals surface area contributed by atoms with Crippen molar-refractivity contribution in [1.29, 1.82) is 0 Å². The van der Waals surface area contributed by atoms with Gasteiger partial charge in [0.2, 0.25) is 0 Å². The van der Waals surface area contributed by atoms with Gasteiger partial charge >= 0.3 is 0 Å². The van der Waals surface area contributed by atoms with Gasteiger partial charge in [0.05, 0.1) is 11.7 Å². The lowest BCUT2D eigenvalue weighted by molar-refractivity contribution is 0.606. The van der Waals surface area contributed by atoms with Crippen LogP contribution in [0.25, 0.3) is 10.9 Å². The molecule has 0 aliphatic rings. The summed E-state index contributed by atoms with van der Waals surface area (Å²) in [5.41, 5.74) is 1.19. The molecule has 0 amide bonds. The molecule has 18 heavy (non-hydrogen) atoms. The first-order valence-electron chi connectivity index (χ1n) is 5.81. The maximum absolute atomic E-state index is 4.44. The quantitative estimate of drug-likeness (QED) is 0.680. The first-order valence-corrected chi connectivity index (χ1v) is 6.89. The van der Waals surface area contributed by atoms with Crippen molar-refractivity contribution in [1.82, 2.24) is 19.3 Å². The minimum Gasteiger partial charge on any atom is -0.338 e. The molecule has 0 aliphatic carbocycles. The number of rotatable bonds is 3. The highest BCUT2D eigenvalue weighted by atomic mass is 127. The van der Waals surface area contributed by atoms with E-state index >= 15 is 0 Å². The predicted molar refractivity (Wildman–Crippen MR) is 79.4 cm³/mol. The number of hydrogen-bond donors (Lipinski definition) is 0. The third-order valence-electron chi connectivity index (χ3n) is 3.07. The molecule has 0 saturated carbocycles. The van der Waals surface area contributed by atoms with Gasteiger partial charge in [-0.25, -0.2) is 4.98 Å². The minimum absolute atomic E-state index is 0.856. The second kappa shape index (κ2) is 4.72. The number of benzene rings is 1. The normalized spacial score (nSPS) is 11.2. The highest BCUT2D eigenvalue weighted by Gasteiger charge is 2.05. The van der Waals surface area contributed by atoms with E-state index in [1.807, 2.05) is 30.3 Å². The predicted octanol–water partition coefficient (Wildman–Crippen LogP) is 2.62. The van der Waals surface area contributed by atoms with E-state index in [1.54, 1.807) is 0 Å². The zero-order valence-electron chi connectivity index (χ0n) is 10.0. The number of fused-ring (bicyclic) bond motifs is 1. The molecule has 2 heterocycles. The lowest BCUT2D eigenvalue weighted by Crippen LogP contribution is -2.06. The molecule has 0 unspecified atom stereocenters. The van der Waals surface area contributed by atoms with Crippen LogP contribution in [0.4, 0.5) is 0 Å². The van der Waals surface area contributed by atoms with E-state index < -0.39 is 0 Å². The summed E-state index contributed by atoms with van der Waals surface area (Å²) in [6.07, 6.45) is 6.62. The second-order valence-corrected chi connectivity index (χ2v) is 5.52. The van der Waals surface area contributed by atoms with E-state index in [1.165, 1.54) is 14.5 Å². The van der Waals surface area contributed by atoms with E-state index in [9.17, 15) is 0 Å². The zero-order chi connectivity index (χ0) is 12.5. The Morgan fingerprint density at radius 1 is 1.33 bits per heavy atom. The monoisotopic (exact) mass is 352 g/mol. The highest BCUT2D eigenvalue weighted by molar-refractivity contribution is 14.1. The van der Waals surface area contributed by atoms with Crippen LogP contribution < -0.4 is 0 Å². The van der Waals surface area contributed by atoms with Crippen molar-refractivity contribution in [3.63, 3.8) is 0 Å². The Balaban J connectivity index is 1.87. The van der Waals surface area contributed by atoms with Gasteiger partial charge in [-0.3, -0.25) is 4.68 Å². The van der Waals surface area contributed by atoms with Gasteiger partial charge in [0.15, 0.2) is 0 Å². The standard InChI is InChI=1S/C13H13IN4/c1-17-7-5-15-13(17)4-6-18-12-8-11(14)3-2-10(12)9-16-18/h2-3,5,7-9H,4,6H2,1H3. The van der Waals surface area contributed by atoms with E-state index in [2.05, 4.69) is 55.4 Å². The summed E-state index contributed by atoms with van der Waals surface area (Å²) in [5, 5.41) is 5.63. The van der Waals surface area contributed by atoms with Gasteiger partial charge in [-0.1, -0.05) is 6.07 Å². The summed E-state index contributed by atoms with van der Waals surface area (Å²) in [6, 6.07) is 6.39. The molecule has 0 saturated heterocycles. The average Bonchev–Trinajstić information content (AvgIpc) is 2.93. The Hall–Kier alpha value is -1.37. The SMILES string of the molecule is Cn1ccnc1CCn1ncc2ccc(I)cc21. The fraction of sp³-hybridized carbons (Fsp3) is 0.231. The number of aromatic nitrogens is 4. The molecule has 0 radical (unpaired) electrons. The van der Waals surface area contributed by atoms with E-state index in [0.29, 0.717) is 0 Å². The molecule has 3 rings (SSSR count). The van der Waals surface area contributed by atoms with Crippen LogP contribution in [0.3, 0.4) is 0 Å². The molecule has 0 bridgehead atoms. The third-order valence-corrected chi connectivity index (χ3v) is 3.75.